The molecule has 38 heavy (non-hydrogen) atoms. The molecule has 1 amide bonds. The predicted octanol–water partition coefficient (Wildman–Crippen LogP) is -0.297. The van der Waals surface area contributed by atoms with E-state index in [9.17, 15) is 25.2 Å². The van der Waals surface area contributed by atoms with Crippen LogP contribution in [0.4, 0.5) is 0 Å². The highest BCUT2D eigenvalue weighted by Gasteiger charge is 2.53. The van der Waals surface area contributed by atoms with Gasteiger partial charge < -0.3 is 50.4 Å². The van der Waals surface area contributed by atoms with Crippen LogP contribution in [0.1, 0.15) is 53.9 Å². The van der Waals surface area contributed by atoms with Gasteiger partial charge in [-0.1, -0.05) is 32.3 Å². The van der Waals surface area contributed by atoms with Gasteiger partial charge in [0.25, 0.3) is 5.91 Å². The molecule has 0 saturated carbocycles. The Kier molecular flexibility index (Phi) is 12.6. The van der Waals surface area contributed by atoms with Crippen molar-refractivity contribution in [3.8, 4) is 0 Å². The maximum atomic E-state index is 13.1. The van der Waals surface area contributed by atoms with Crippen molar-refractivity contribution in [2.24, 2.45) is 16.8 Å². The minimum absolute atomic E-state index is 0.0293. The van der Waals surface area contributed by atoms with Crippen LogP contribution in [0.15, 0.2) is 5.11 Å². The highest BCUT2D eigenvalue weighted by atomic mass is 16.7. The van der Waals surface area contributed by atoms with Crippen LogP contribution < -0.4 is 11.1 Å². The Labute approximate surface area is 223 Å². The van der Waals surface area contributed by atoms with Gasteiger partial charge in [-0.3, -0.25) is 4.79 Å². The molecule has 2 fully saturated rings. The summed E-state index contributed by atoms with van der Waals surface area (Å²) < 4.78 is 23.7. The fraction of sp³-hybridized carbons (Fsp3) is 0.958. The highest BCUT2D eigenvalue weighted by Crippen LogP contribution is 2.33. The third-order valence-corrected chi connectivity index (χ3v) is 7.39. The van der Waals surface area contributed by atoms with Gasteiger partial charge in [0, 0.05) is 18.0 Å². The van der Waals surface area contributed by atoms with Gasteiger partial charge in [0.15, 0.2) is 12.4 Å². The lowest BCUT2D eigenvalue weighted by molar-refractivity contribution is -0.334. The number of nitrogens with two attached hydrogens (primary N) is 1. The lowest BCUT2D eigenvalue weighted by Gasteiger charge is -2.48. The number of carbonyl (C=O) groups is 1. The van der Waals surface area contributed by atoms with Gasteiger partial charge in [0.2, 0.25) is 0 Å². The second-order valence-electron chi connectivity index (χ2n) is 10.6. The fourth-order valence-electron chi connectivity index (χ4n) is 4.47. The molecular formula is C24H45N5O9. The van der Waals surface area contributed by atoms with Crippen LogP contribution in [0.3, 0.4) is 0 Å². The largest absolute Gasteiger partial charge is 0.394 e. The van der Waals surface area contributed by atoms with Gasteiger partial charge >= 0.3 is 0 Å². The molecule has 2 heterocycles. The van der Waals surface area contributed by atoms with Crippen LogP contribution in [0, 0.1) is 5.92 Å². The summed E-state index contributed by atoms with van der Waals surface area (Å²) >= 11 is 0. The molecule has 7 N–H and O–H groups in total. The lowest BCUT2D eigenvalue weighted by Crippen LogP contribution is -2.68. The van der Waals surface area contributed by atoms with E-state index in [1.165, 1.54) is 0 Å². The average molecular weight is 548 g/mol. The van der Waals surface area contributed by atoms with E-state index in [-0.39, 0.29) is 19.0 Å². The highest BCUT2D eigenvalue weighted by molar-refractivity contribution is 5.81. The third-order valence-electron chi connectivity index (χ3n) is 7.39. The molecule has 14 heteroatoms. The standard InChI is InChI=1S/C24H45N5O9/c1-6-12(3)18-14(25)19(15(31)13(11-30)35-18)36-23-17(33)16(32)20(38-24(4,5)7-2)21(37-23)22(34)27-9-8-10-28-29-26/h12-21,23,30-33H,6-11,25H2,1-5H3,(H,27,34)/t12-,13?,14+,15?,16?,17-,18-,19-,20-,21?,23+/m0/s1. The van der Waals surface area contributed by atoms with Gasteiger partial charge in [0.1, 0.15) is 36.6 Å². The number of amides is 1. The normalized spacial score (nSPS) is 36.8. The van der Waals surface area contributed by atoms with Gasteiger partial charge in [-0.05, 0) is 38.1 Å². The molecule has 2 rings (SSSR count). The summed E-state index contributed by atoms with van der Waals surface area (Å²) in [5.41, 5.74) is 14.1. The minimum Gasteiger partial charge on any atom is -0.394 e. The first-order valence-corrected chi connectivity index (χ1v) is 13.3. The molecule has 11 atom stereocenters. The number of aliphatic hydroxyl groups is 4. The number of nitrogens with zero attached hydrogens (tertiary/aromatic N) is 3. The second kappa shape index (κ2) is 14.7. The van der Waals surface area contributed by atoms with Gasteiger partial charge in [0.05, 0.1) is 24.4 Å². The average Bonchev–Trinajstić information content (AvgIpc) is 2.89. The molecule has 4 unspecified atom stereocenters. The van der Waals surface area contributed by atoms with E-state index < -0.39 is 79.3 Å². The molecule has 0 aromatic carbocycles. The smallest absolute Gasteiger partial charge is 0.252 e. The van der Waals surface area contributed by atoms with Crippen LogP contribution in [0.5, 0.6) is 0 Å². The number of ether oxygens (including phenoxy) is 4. The van der Waals surface area contributed by atoms with Crippen molar-refractivity contribution >= 4 is 5.91 Å². The molecule has 0 aromatic heterocycles. The summed E-state index contributed by atoms with van der Waals surface area (Å²) in [6.07, 6.45) is -9.77. The number of rotatable bonds is 13. The van der Waals surface area contributed by atoms with Crippen LogP contribution in [0.2, 0.25) is 0 Å². The Morgan fingerprint density at radius 1 is 1.18 bits per heavy atom. The zero-order valence-corrected chi connectivity index (χ0v) is 22.8. The van der Waals surface area contributed by atoms with Crippen LogP contribution >= 0.6 is 0 Å². The minimum atomic E-state index is -1.64. The van der Waals surface area contributed by atoms with Crippen molar-refractivity contribution in [1.29, 1.82) is 0 Å². The molecular weight excluding hydrogens is 502 g/mol. The molecule has 14 nitrogen and oxygen atoms in total. The number of hydrogen-bond donors (Lipinski definition) is 6. The van der Waals surface area contributed by atoms with E-state index in [0.717, 1.165) is 6.42 Å². The molecule has 0 radical (unpaired) electrons. The van der Waals surface area contributed by atoms with Crippen LogP contribution in [-0.2, 0) is 23.7 Å². The second-order valence-corrected chi connectivity index (χ2v) is 10.6. The van der Waals surface area contributed by atoms with Crippen LogP contribution in [-0.4, -0.2) is 113 Å². The summed E-state index contributed by atoms with van der Waals surface area (Å²) in [5, 5.41) is 48.6. The SMILES string of the molecule is CC[C@H](C)[C@@H]1OC(CO)C(O)[C@@H](O[C@@H]2OC(C(=O)NCCCN=[N+]=[N-])[C@@H](OC(C)(C)CC)C(O)[C@@H]2O)[C@@H]1N. The summed E-state index contributed by atoms with van der Waals surface area (Å²) in [4.78, 5) is 15.8. The Morgan fingerprint density at radius 3 is 2.45 bits per heavy atom. The van der Waals surface area contributed by atoms with E-state index in [1.807, 2.05) is 20.8 Å². The van der Waals surface area contributed by atoms with Crippen molar-refractivity contribution in [3.63, 3.8) is 0 Å². The Bertz CT molecular complexity index is 799. The van der Waals surface area contributed by atoms with E-state index in [0.29, 0.717) is 12.8 Å². The topological polar surface area (TPSA) is 222 Å². The molecule has 0 spiro atoms. The maximum Gasteiger partial charge on any atom is 0.252 e. The first kappa shape index (κ1) is 32.6. The van der Waals surface area contributed by atoms with Crippen molar-refractivity contribution in [1.82, 2.24) is 5.32 Å². The monoisotopic (exact) mass is 547 g/mol. The van der Waals surface area contributed by atoms with E-state index in [1.54, 1.807) is 13.8 Å². The number of nitrogens with one attached hydrogen (secondary N) is 1. The number of carbonyl (C=O) groups excluding carboxylic acids is 1. The van der Waals surface area contributed by atoms with Gasteiger partial charge in [-0.25, -0.2) is 0 Å². The number of aliphatic hydroxyl groups excluding tert-OH is 4. The summed E-state index contributed by atoms with van der Waals surface area (Å²) in [6.45, 7) is 9.18. The zero-order valence-electron chi connectivity index (χ0n) is 22.8. The maximum absolute atomic E-state index is 13.1. The van der Waals surface area contributed by atoms with Crippen molar-refractivity contribution in [2.75, 3.05) is 19.7 Å². The predicted molar refractivity (Wildman–Crippen MR) is 136 cm³/mol. The van der Waals surface area contributed by atoms with Crippen LogP contribution in [0.25, 0.3) is 10.4 Å². The van der Waals surface area contributed by atoms with E-state index in [4.69, 9.17) is 30.2 Å². The molecule has 220 valence electrons. The first-order valence-electron chi connectivity index (χ1n) is 13.3. The Balaban J connectivity index is 2.28. The number of hydrogen-bond acceptors (Lipinski definition) is 11. The summed E-state index contributed by atoms with van der Waals surface area (Å²) in [7, 11) is 0. The lowest BCUT2D eigenvalue weighted by atomic mass is 9.86. The summed E-state index contributed by atoms with van der Waals surface area (Å²) in [6, 6.07) is -0.850. The Hall–Kier alpha value is -1.58. The zero-order chi connectivity index (χ0) is 28.6. The van der Waals surface area contributed by atoms with Crippen molar-refractivity contribution < 1.29 is 44.2 Å². The van der Waals surface area contributed by atoms with Gasteiger partial charge in [-0.2, -0.15) is 0 Å². The molecule has 0 aliphatic carbocycles. The van der Waals surface area contributed by atoms with E-state index >= 15 is 0 Å². The molecule has 2 aliphatic rings. The molecule has 2 saturated heterocycles. The quantitative estimate of drug-likeness (QED) is 0.0764. The van der Waals surface area contributed by atoms with Crippen molar-refractivity contribution in [3.05, 3.63) is 10.4 Å². The third kappa shape index (κ3) is 7.98. The first-order chi connectivity index (χ1) is 17.9. The Morgan fingerprint density at radius 2 is 1.87 bits per heavy atom. The number of azide groups is 1. The summed E-state index contributed by atoms with van der Waals surface area (Å²) in [5.74, 6) is -0.650. The fourth-order valence-corrected chi connectivity index (χ4v) is 4.47. The van der Waals surface area contributed by atoms with Crippen molar-refractivity contribution in [2.45, 2.75) is 121 Å². The van der Waals surface area contributed by atoms with Gasteiger partial charge in [-0.15, -0.1) is 0 Å². The van der Waals surface area contributed by atoms with E-state index in [2.05, 4.69) is 15.3 Å². The molecule has 0 bridgehead atoms. The molecule has 0 aromatic rings. The molecule has 2 aliphatic heterocycles.